The van der Waals surface area contributed by atoms with Crippen LogP contribution < -0.4 is 4.90 Å². The molecule has 0 atom stereocenters. The van der Waals surface area contributed by atoms with E-state index < -0.39 is 5.97 Å². The lowest BCUT2D eigenvalue weighted by Gasteiger charge is -2.14. The zero-order valence-corrected chi connectivity index (χ0v) is 11.5. The second-order valence-electron chi connectivity index (χ2n) is 4.64. The number of aromatic nitrogens is 2. The number of imidazole rings is 1. The van der Waals surface area contributed by atoms with Gasteiger partial charge in [-0.2, -0.15) is 0 Å². The summed E-state index contributed by atoms with van der Waals surface area (Å²) in [6.07, 6.45) is 0. The molecule has 2 aromatic rings. The summed E-state index contributed by atoms with van der Waals surface area (Å²) >= 11 is 0. The molecule has 1 heterocycles. The third-order valence-electron chi connectivity index (χ3n) is 3.05. The molecule has 0 fully saturated rings. The van der Waals surface area contributed by atoms with Crippen LogP contribution in [0.2, 0.25) is 0 Å². The van der Waals surface area contributed by atoms with Gasteiger partial charge >= 0.3 is 5.97 Å². The molecule has 0 aliphatic rings. The average Bonchev–Trinajstić information content (AvgIpc) is 2.64. The zero-order valence-electron chi connectivity index (χ0n) is 11.5. The first-order chi connectivity index (χ1) is 8.91. The van der Waals surface area contributed by atoms with Crippen molar-refractivity contribution in [2.24, 2.45) is 0 Å². The van der Waals surface area contributed by atoms with Gasteiger partial charge < -0.3 is 10.0 Å². The van der Waals surface area contributed by atoms with E-state index in [-0.39, 0.29) is 5.69 Å². The molecule has 0 unspecified atom stereocenters. The molecule has 5 nitrogen and oxygen atoms in total. The number of nitrogens with zero attached hydrogens (tertiary/aromatic N) is 3. The lowest BCUT2D eigenvalue weighted by molar-refractivity contribution is 0.0687. The first kappa shape index (κ1) is 13.1. The van der Waals surface area contributed by atoms with Crippen molar-refractivity contribution in [3.8, 4) is 5.69 Å². The summed E-state index contributed by atoms with van der Waals surface area (Å²) in [6.45, 7) is 3.51. The highest BCUT2D eigenvalue weighted by Gasteiger charge is 2.19. The number of carboxylic acids is 1. The Morgan fingerprint density at radius 3 is 2.26 bits per heavy atom. The van der Waals surface area contributed by atoms with Crippen molar-refractivity contribution < 1.29 is 9.90 Å². The first-order valence-electron chi connectivity index (χ1n) is 5.99. The zero-order chi connectivity index (χ0) is 14.2. The average molecular weight is 259 g/mol. The molecule has 0 amide bonds. The highest BCUT2D eigenvalue weighted by molar-refractivity contribution is 5.88. The number of aromatic carboxylic acids is 1. The molecule has 0 bridgehead atoms. The van der Waals surface area contributed by atoms with Crippen LogP contribution in [0.4, 0.5) is 5.69 Å². The molecule has 19 heavy (non-hydrogen) atoms. The molecule has 0 aliphatic heterocycles. The van der Waals surface area contributed by atoms with Crippen LogP contribution in [-0.2, 0) is 0 Å². The van der Waals surface area contributed by atoms with Crippen molar-refractivity contribution in [3.05, 3.63) is 41.5 Å². The van der Waals surface area contributed by atoms with E-state index in [1.54, 1.807) is 18.4 Å². The van der Waals surface area contributed by atoms with Gasteiger partial charge in [-0.15, -0.1) is 0 Å². The summed E-state index contributed by atoms with van der Waals surface area (Å²) in [5.74, 6) is -0.290. The second kappa shape index (κ2) is 4.76. The van der Waals surface area contributed by atoms with E-state index in [4.69, 9.17) is 0 Å². The molecule has 0 radical (unpaired) electrons. The van der Waals surface area contributed by atoms with Crippen LogP contribution in [0.5, 0.6) is 0 Å². The van der Waals surface area contributed by atoms with E-state index in [0.717, 1.165) is 11.4 Å². The maximum Gasteiger partial charge on any atom is 0.354 e. The number of benzene rings is 1. The van der Waals surface area contributed by atoms with E-state index in [0.29, 0.717) is 11.5 Å². The van der Waals surface area contributed by atoms with E-state index in [1.807, 2.05) is 43.3 Å². The summed E-state index contributed by atoms with van der Waals surface area (Å²) < 4.78 is 1.66. The van der Waals surface area contributed by atoms with E-state index >= 15 is 0 Å². The highest BCUT2D eigenvalue weighted by atomic mass is 16.4. The van der Waals surface area contributed by atoms with Crippen LogP contribution in [0, 0.1) is 13.8 Å². The van der Waals surface area contributed by atoms with E-state index in [9.17, 15) is 9.90 Å². The van der Waals surface area contributed by atoms with Crippen molar-refractivity contribution in [3.63, 3.8) is 0 Å². The van der Waals surface area contributed by atoms with Crippen molar-refractivity contribution in [1.82, 2.24) is 9.55 Å². The van der Waals surface area contributed by atoms with Gasteiger partial charge in [-0.3, -0.25) is 4.57 Å². The Hall–Kier alpha value is -2.30. The lowest BCUT2D eigenvalue weighted by Crippen LogP contribution is -2.11. The molecule has 0 spiro atoms. The summed E-state index contributed by atoms with van der Waals surface area (Å²) in [7, 11) is 3.93. The van der Waals surface area contributed by atoms with Crippen molar-refractivity contribution >= 4 is 11.7 Å². The Morgan fingerprint density at radius 2 is 1.79 bits per heavy atom. The Labute approximate surface area is 112 Å². The molecule has 100 valence electrons. The van der Waals surface area contributed by atoms with Crippen molar-refractivity contribution in [2.45, 2.75) is 13.8 Å². The highest BCUT2D eigenvalue weighted by Crippen LogP contribution is 2.20. The van der Waals surface area contributed by atoms with E-state index in [2.05, 4.69) is 4.98 Å². The third kappa shape index (κ3) is 2.31. The summed E-state index contributed by atoms with van der Waals surface area (Å²) in [6, 6.07) is 7.71. The summed E-state index contributed by atoms with van der Waals surface area (Å²) in [5.41, 5.74) is 2.62. The van der Waals surface area contributed by atoms with Crippen LogP contribution in [-0.4, -0.2) is 34.7 Å². The van der Waals surface area contributed by atoms with E-state index in [1.165, 1.54) is 0 Å². The lowest BCUT2D eigenvalue weighted by atomic mass is 10.2. The fourth-order valence-electron chi connectivity index (χ4n) is 2.14. The van der Waals surface area contributed by atoms with Crippen LogP contribution in [0.3, 0.4) is 0 Å². The molecule has 1 aromatic heterocycles. The Kier molecular flexibility index (Phi) is 3.29. The van der Waals surface area contributed by atoms with Crippen molar-refractivity contribution in [2.75, 3.05) is 19.0 Å². The quantitative estimate of drug-likeness (QED) is 0.918. The van der Waals surface area contributed by atoms with Crippen molar-refractivity contribution in [1.29, 1.82) is 0 Å². The van der Waals surface area contributed by atoms with Gasteiger partial charge in [0.2, 0.25) is 0 Å². The Balaban J connectivity index is 2.55. The number of carboxylic acid groups (broad SMARTS) is 1. The minimum Gasteiger partial charge on any atom is -0.477 e. The Bertz CT molecular complexity index is 612. The molecule has 2 rings (SSSR count). The molecule has 1 N–H and O–H groups in total. The van der Waals surface area contributed by atoms with Crippen LogP contribution in [0.15, 0.2) is 24.3 Å². The minimum absolute atomic E-state index is 0.218. The first-order valence-corrected chi connectivity index (χ1v) is 5.99. The van der Waals surface area contributed by atoms with Crippen LogP contribution in [0.25, 0.3) is 5.69 Å². The number of hydrogen-bond acceptors (Lipinski definition) is 3. The minimum atomic E-state index is -0.963. The predicted molar refractivity (Wildman–Crippen MR) is 74.3 cm³/mol. The summed E-state index contributed by atoms with van der Waals surface area (Å²) in [5, 5.41) is 9.29. The fraction of sp³-hybridized carbons (Fsp3) is 0.286. The van der Waals surface area contributed by atoms with Gasteiger partial charge in [-0.25, -0.2) is 9.78 Å². The largest absolute Gasteiger partial charge is 0.477 e. The maximum atomic E-state index is 11.3. The number of rotatable bonds is 3. The molecular formula is C14H17N3O2. The molecule has 5 heteroatoms. The molecule has 0 saturated carbocycles. The summed E-state index contributed by atoms with van der Waals surface area (Å²) in [4.78, 5) is 17.6. The monoisotopic (exact) mass is 259 g/mol. The van der Waals surface area contributed by atoms with Crippen LogP contribution in [0.1, 0.15) is 22.0 Å². The smallest absolute Gasteiger partial charge is 0.354 e. The third-order valence-corrected chi connectivity index (χ3v) is 3.05. The molecule has 0 aliphatic carbocycles. The fourth-order valence-corrected chi connectivity index (χ4v) is 2.14. The maximum absolute atomic E-state index is 11.3. The topological polar surface area (TPSA) is 58.4 Å². The van der Waals surface area contributed by atoms with Gasteiger partial charge in [-0.05, 0) is 38.1 Å². The SMILES string of the molecule is Cc1nc(C)n(-c2ccc(N(C)C)cc2)c1C(=O)O. The Morgan fingerprint density at radius 1 is 1.21 bits per heavy atom. The van der Waals surface area contributed by atoms with Gasteiger partial charge in [0, 0.05) is 25.5 Å². The number of aryl methyl sites for hydroxylation is 2. The molecular weight excluding hydrogens is 242 g/mol. The van der Waals surface area contributed by atoms with Crippen LogP contribution >= 0.6 is 0 Å². The second-order valence-corrected chi connectivity index (χ2v) is 4.64. The van der Waals surface area contributed by atoms with Gasteiger partial charge in [0.25, 0.3) is 0 Å². The standard InChI is InChI=1S/C14H17N3O2/c1-9-13(14(18)19)17(10(2)15-9)12-7-5-11(6-8-12)16(3)4/h5-8H,1-4H3,(H,18,19). The van der Waals surface area contributed by atoms with Gasteiger partial charge in [0.05, 0.1) is 5.69 Å². The molecule has 1 aromatic carbocycles. The van der Waals surface area contributed by atoms with Gasteiger partial charge in [0.1, 0.15) is 5.82 Å². The number of carbonyl (C=O) groups is 1. The number of anilines is 1. The molecule has 0 saturated heterocycles. The van der Waals surface area contributed by atoms with Gasteiger partial charge in [-0.1, -0.05) is 0 Å². The predicted octanol–water partition coefficient (Wildman–Crippen LogP) is 2.25. The normalized spacial score (nSPS) is 10.5. The number of hydrogen-bond donors (Lipinski definition) is 1. The van der Waals surface area contributed by atoms with Gasteiger partial charge in [0.15, 0.2) is 5.69 Å².